The molecule has 1 fully saturated rings. The predicted molar refractivity (Wildman–Crippen MR) is 113 cm³/mol. The van der Waals surface area contributed by atoms with E-state index in [9.17, 15) is 4.79 Å². The Morgan fingerprint density at radius 3 is 2.64 bits per heavy atom. The number of amides is 1. The molecule has 0 unspecified atom stereocenters. The van der Waals surface area contributed by atoms with Gasteiger partial charge in [-0.15, -0.1) is 0 Å². The minimum atomic E-state index is -0.179. The molecule has 0 bridgehead atoms. The molecule has 2 aromatic carbocycles. The monoisotopic (exact) mass is 394 g/mol. The van der Waals surface area contributed by atoms with Gasteiger partial charge in [-0.25, -0.2) is 4.68 Å². The van der Waals surface area contributed by atoms with Crippen molar-refractivity contribution < 1.29 is 4.79 Å². The molecule has 0 radical (unpaired) electrons. The number of halogens is 1. The highest BCUT2D eigenvalue weighted by Crippen LogP contribution is 2.31. The van der Waals surface area contributed by atoms with Crippen molar-refractivity contribution in [3.05, 3.63) is 76.6 Å². The summed E-state index contributed by atoms with van der Waals surface area (Å²) in [7, 11) is 0. The Morgan fingerprint density at radius 2 is 1.93 bits per heavy atom. The van der Waals surface area contributed by atoms with E-state index < -0.39 is 0 Å². The number of aromatic nitrogens is 2. The average molecular weight is 395 g/mol. The first-order chi connectivity index (χ1) is 13.6. The quantitative estimate of drug-likeness (QED) is 0.682. The molecule has 2 heterocycles. The second kappa shape index (κ2) is 8.17. The first-order valence-electron chi connectivity index (χ1n) is 9.55. The molecule has 28 heavy (non-hydrogen) atoms. The Balaban J connectivity index is 1.71. The fourth-order valence-electron chi connectivity index (χ4n) is 3.71. The Hall–Kier alpha value is -2.63. The third-order valence-electron chi connectivity index (χ3n) is 5.15. The molecule has 1 aliphatic rings. The summed E-state index contributed by atoms with van der Waals surface area (Å²) in [6.07, 6.45) is 3.62. The normalized spacial score (nSPS) is 14.8. The summed E-state index contributed by atoms with van der Waals surface area (Å²) in [5, 5.41) is 11.4. The van der Waals surface area contributed by atoms with Crippen LogP contribution >= 0.6 is 11.6 Å². The van der Waals surface area contributed by atoms with Crippen molar-refractivity contribution in [3.8, 4) is 5.69 Å². The second-order valence-corrected chi connectivity index (χ2v) is 7.56. The summed E-state index contributed by atoms with van der Waals surface area (Å²) < 4.78 is 1.90. The summed E-state index contributed by atoms with van der Waals surface area (Å²) in [6.45, 7) is 3.85. The lowest BCUT2D eigenvalue weighted by Crippen LogP contribution is -2.29. The van der Waals surface area contributed by atoms with Crippen molar-refractivity contribution in [1.82, 2.24) is 15.1 Å². The van der Waals surface area contributed by atoms with E-state index in [1.165, 1.54) is 0 Å². The van der Waals surface area contributed by atoms with Gasteiger partial charge in [0.1, 0.15) is 0 Å². The molecule has 1 saturated heterocycles. The van der Waals surface area contributed by atoms with Gasteiger partial charge in [0.15, 0.2) is 0 Å². The highest BCUT2D eigenvalue weighted by molar-refractivity contribution is 6.34. The topological polar surface area (TPSA) is 59.0 Å². The van der Waals surface area contributed by atoms with E-state index in [-0.39, 0.29) is 11.8 Å². The molecule has 0 aliphatic carbocycles. The molecule has 1 aromatic heterocycles. The van der Waals surface area contributed by atoms with E-state index in [4.69, 9.17) is 11.6 Å². The van der Waals surface area contributed by atoms with Crippen LogP contribution in [0.2, 0.25) is 5.02 Å². The lowest BCUT2D eigenvalue weighted by Gasteiger charge is -2.24. The van der Waals surface area contributed by atoms with Gasteiger partial charge in [-0.3, -0.25) is 4.79 Å². The van der Waals surface area contributed by atoms with Gasteiger partial charge in [0.05, 0.1) is 33.9 Å². The molecule has 5 nitrogen and oxygen atoms in total. The van der Waals surface area contributed by atoms with Crippen LogP contribution in [0.3, 0.4) is 0 Å². The number of rotatable bonds is 4. The van der Waals surface area contributed by atoms with Gasteiger partial charge < -0.3 is 10.6 Å². The summed E-state index contributed by atoms with van der Waals surface area (Å²) in [4.78, 5) is 13.1. The van der Waals surface area contributed by atoms with Crippen LogP contribution in [-0.4, -0.2) is 28.8 Å². The van der Waals surface area contributed by atoms with Crippen molar-refractivity contribution >= 4 is 23.2 Å². The molecule has 3 aromatic rings. The van der Waals surface area contributed by atoms with Crippen molar-refractivity contribution in [3.63, 3.8) is 0 Å². The number of aryl methyl sites for hydroxylation is 1. The number of carbonyl (C=O) groups is 1. The summed E-state index contributed by atoms with van der Waals surface area (Å²) in [6, 6.07) is 15.6. The molecule has 6 heteroatoms. The maximum absolute atomic E-state index is 13.1. The van der Waals surface area contributed by atoms with Gasteiger partial charge in [0, 0.05) is 5.92 Å². The maximum atomic E-state index is 13.1. The van der Waals surface area contributed by atoms with E-state index in [1.807, 2.05) is 60.1 Å². The fourth-order valence-corrected chi connectivity index (χ4v) is 3.99. The maximum Gasteiger partial charge on any atom is 0.259 e. The Kier molecular flexibility index (Phi) is 5.46. The number of para-hydroxylation sites is 1. The number of hydrogen-bond donors (Lipinski definition) is 2. The molecule has 0 atom stereocenters. The predicted octanol–water partition coefficient (Wildman–Crippen LogP) is 4.55. The third-order valence-corrected chi connectivity index (χ3v) is 5.46. The van der Waals surface area contributed by atoms with Crippen molar-refractivity contribution in [1.29, 1.82) is 0 Å². The summed E-state index contributed by atoms with van der Waals surface area (Å²) >= 11 is 6.31. The molecule has 0 spiro atoms. The van der Waals surface area contributed by atoms with Crippen LogP contribution in [0, 0.1) is 6.92 Å². The molecule has 1 aliphatic heterocycles. The zero-order valence-electron chi connectivity index (χ0n) is 15.8. The SMILES string of the molecule is Cc1ccc(NC(=O)c2cnn(-c3ccccc3)c2C2CCNCC2)c(Cl)c1. The minimum Gasteiger partial charge on any atom is -0.321 e. The molecule has 2 N–H and O–H groups in total. The van der Waals surface area contributed by atoms with Crippen LogP contribution in [0.15, 0.2) is 54.7 Å². The summed E-state index contributed by atoms with van der Waals surface area (Å²) in [5.74, 6) is 0.0969. The Morgan fingerprint density at radius 1 is 1.18 bits per heavy atom. The van der Waals surface area contributed by atoms with Crippen LogP contribution < -0.4 is 10.6 Å². The number of benzene rings is 2. The van der Waals surface area contributed by atoms with Crippen LogP contribution in [-0.2, 0) is 0 Å². The van der Waals surface area contributed by atoms with Crippen molar-refractivity contribution in [2.75, 3.05) is 18.4 Å². The zero-order valence-corrected chi connectivity index (χ0v) is 16.5. The molecular weight excluding hydrogens is 372 g/mol. The zero-order chi connectivity index (χ0) is 19.5. The number of carbonyl (C=O) groups excluding carboxylic acids is 1. The molecule has 0 saturated carbocycles. The highest BCUT2D eigenvalue weighted by atomic mass is 35.5. The Labute approximate surface area is 169 Å². The lowest BCUT2D eigenvalue weighted by atomic mass is 9.91. The number of anilines is 1. The van der Waals surface area contributed by atoms with Gasteiger partial charge in [-0.05, 0) is 62.7 Å². The van der Waals surface area contributed by atoms with Crippen molar-refractivity contribution in [2.45, 2.75) is 25.7 Å². The van der Waals surface area contributed by atoms with Gasteiger partial charge in [0.2, 0.25) is 0 Å². The fraction of sp³-hybridized carbons (Fsp3) is 0.273. The first kappa shape index (κ1) is 18.7. The smallest absolute Gasteiger partial charge is 0.259 e. The van der Waals surface area contributed by atoms with Crippen molar-refractivity contribution in [2.24, 2.45) is 0 Å². The van der Waals surface area contributed by atoms with E-state index in [0.29, 0.717) is 16.3 Å². The van der Waals surface area contributed by atoms with Crippen LogP contribution in [0.25, 0.3) is 5.69 Å². The van der Waals surface area contributed by atoms with Crippen LogP contribution in [0.4, 0.5) is 5.69 Å². The van der Waals surface area contributed by atoms with Gasteiger partial charge in [-0.2, -0.15) is 5.10 Å². The van der Waals surface area contributed by atoms with E-state index >= 15 is 0 Å². The largest absolute Gasteiger partial charge is 0.321 e. The molecule has 1 amide bonds. The third kappa shape index (κ3) is 3.81. The van der Waals surface area contributed by atoms with E-state index in [2.05, 4.69) is 15.7 Å². The van der Waals surface area contributed by atoms with Crippen LogP contribution in [0.5, 0.6) is 0 Å². The number of nitrogens with one attached hydrogen (secondary N) is 2. The van der Waals surface area contributed by atoms with Crippen LogP contribution in [0.1, 0.15) is 40.4 Å². The standard InChI is InChI=1S/C22H23ClN4O/c1-15-7-8-20(19(23)13-15)26-22(28)18-14-25-27(17-5-3-2-4-6-17)21(18)16-9-11-24-12-10-16/h2-8,13-14,16,24H,9-12H2,1H3,(H,26,28). The average Bonchev–Trinajstić information content (AvgIpc) is 3.17. The highest BCUT2D eigenvalue weighted by Gasteiger charge is 2.27. The van der Waals surface area contributed by atoms with Gasteiger partial charge in [-0.1, -0.05) is 35.9 Å². The lowest BCUT2D eigenvalue weighted by molar-refractivity contribution is 0.102. The van der Waals surface area contributed by atoms with E-state index in [0.717, 1.165) is 42.9 Å². The molecule has 4 rings (SSSR count). The minimum absolute atomic E-state index is 0.179. The number of nitrogens with zero attached hydrogens (tertiary/aromatic N) is 2. The first-order valence-corrected chi connectivity index (χ1v) is 9.93. The Bertz CT molecular complexity index is 977. The number of hydrogen-bond acceptors (Lipinski definition) is 3. The van der Waals surface area contributed by atoms with E-state index in [1.54, 1.807) is 6.20 Å². The van der Waals surface area contributed by atoms with Gasteiger partial charge >= 0.3 is 0 Å². The molecule has 144 valence electrons. The molecular formula is C22H23ClN4O. The second-order valence-electron chi connectivity index (χ2n) is 7.15. The van der Waals surface area contributed by atoms with Gasteiger partial charge in [0.25, 0.3) is 5.91 Å². The number of piperidine rings is 1. The summed E-state index contributed by atoms with van der Waals surface area (Å²) in [5.41, 5.74) is 4.19.